The van der Waals surface area contributed by atoms with Crippen LogP contribution in [0, 0.1) is 0 Å². The number of aromatic nitrogens is 1. The van der Waals surface area contributed by atoms with Crippen LogP contribution in [0.4, 0.5) is 5.13 Å². The third-order valence-corrected chi connectivity index (χ3v) is 4.48. The van der Waals surface area contributed by atoms with Crippen LogP contribution in [-0.2, 0) is 6.42 Å². The van der Waals surface area contributed by atoms with Crippen molar-refractivity contribution >= 4 is 16.5 Å². The summed E-state index contributed by atoms with van der Waals surface area (Å²) in [7, 11) is 1.68. The molecule has 1 heterocycles. The smallest absolute Gasteiger partial charge is 0.329 e. The number of anilines is 1. The number of nitrogens with two attached hydrogens (primary N) is 1. The van der Waals surface area contributed by atoms with E-state index in [1.54, 1.807) is 18.4 Å². The highest BCUT2D eigenvalue weighted by molar-refractivity contribution is 7.13. The van der Waals surface area contributed by atoms with Crippen molar-refractivity contribution in [3.05, 3.63) is 76.8 Å². The quantitative estimate of drug-likeness (QED) is 0.783. The van der Waals surface area contributed by atoms with Crippen molar-refractivity contribution in [2.24, 2.45) is 0 Å². The molecule has 3 rings (SSSR count). The van der Waals surface area contributed by atoms with Crippen LogP contribution in [0.15, 0.2) is 60.0 Å². The summed E-state index contributed by atoms with van der Waals surface area (Å²) in [5.74, 6) is 1.12. The molecule has 3 N–H and O–H groups in total. The number of ether oxygens (including phenoxy) is 1. The number of hydrogen-bond acceptors (Lipinski definition) is 3. The van der Waals surface area contributed by atoms with Gasteiger partial charge < -0.3 is 4.74 Å². The van der Waals surface area contributed by atoms with Crippen LogP contribution >= 0.6 is 11.3 Å². The van der Waals surface area contributed by atoms with Crippen LogP contribution in [0.25, 0.3) is 0 Å². The van der Waals surface area contributed by atoms with Gasteiger partial charge in [0.15, 0.2) is 0 Å². The van der Waals surface area contributed by atoms with E-state index in [4.69, 9.17) is 10.5 Å². The molecule has 0 radical (unpaired) electrons. The number of H-pyrrole nitrogens is 1. The predicted molar refractivity (Wildman–Crippen MR) is 90.3 cm³/mol. The second-order valence-corrected chi connectivity index (χ2v) is 6.11. The van der Waals surface area contributed by atoms with Crippen molar-refractivity contribution < 1.29 is 9.72 Å². The van der Waals surface area contributed by atoms with E-state index in [1.165, 1.54) is 11.1 Å². The first kappa shape index (κ1) is 14.6. The largest absolute Gasteiger partial charge is 0.497 e. The molecule has 0 amide bonds. The van der Waals surface area contributed by atoms with Gasteiger partial charge in [0.25, 0.3) is 0 Å². The minimum atomic E-state index is 0.252. The molecule has 3 nitrogen and oxygen atoms in total. The number of methoxy groups -OCH3 is 1. The van der Waals surface area contributed by atoms with E-state index in [0.29, 0.717) is 0 Å². The Bertz CT molecular complexity index is 722. The molecule has 0 saturated carbocycles. The number of hydrogen-bond donors (Lipinski definition) is 1. The Balaban J connectivity index is 1.94. The Hall–Kier alpha value is -2.33. The molecular weight excluding hydrogens is 292 g/mol. The fourth-order valence-electron chi connectivity index (χ4n) is 2.59. The maximum atomic E-state index is 5.88. The average Bonchev–Trinajstić information content (AvgIpc) is 3.00. The summed E-state index contributed by atoms with van der Waals surface area (Å²) in [6.45, 7) is 0. The van der Waals surface area contributed by atoms with E-state index >= 15 is 0 Å². The number of nitrogen functional groups attached to an aromatic ring is 1. The van der Waals surface area contributed by atoms with E-state index in [-0.39, 0.29) is 5.92 Å². The molecule has 0 aliphatic carbocycles. The number of aromatic amines is 1. The minimum absolute atomic E-state index is 0.252. The molecule has 4 heteroatoms. The van der Waals surface area contributed by atoms with E-state index in [9.17, 15) is 0 Å². The standard InChI is InChI=1S/C18H18N2OS/c1-21-15-9-7-14(8-10-15)16(17-12-22-18(19)20-17)11-13-5-3-2-4-6-13/h2-10,12,16H,11H2,1H3,(H2,19,20)/p+1. The van der Waals surface area contributed by atoms with Crippen LogP contribution in [0.1, 0.15) is 22.7 Å². The van der Waals surface area contributed by atoms with E-state index in [1.807, 2.05) is 18.2 Å². The molecule has 112 valence electrons. The summed E-state index contributed by atoms with van der Waals surface area (Å²) in [5, 5.41) is 2.84. The summed E-state index contributed by atoms with van der Waals surface area (Å²) in [6, 6.07) is 18.8. The molecule has 0 spiro atoms. The van der Waals surface area contributed by atoms with Gasteiger partial charge in [-0.25, -0.2) is 4.98 Å². The van der Waals surface area contributed by atoms with Gasteiger partial charge >= 0.3 is 5.13 Å². The second-order valence-electron chi connectivity index (χ2n) is 5.20. The van der Waals surface area contributed by atoms with Crippen LogP contribution < -0.4 is 15.5 Å². The van der Waals surface area contributed by atoms with E-state index in [0.717, 1.165) is 23.0 Å². The number of benzene rings is 2. The molecular formula is C18H19N2OS+. The van der Waals surface area contributed by atoms with Crippen molar-refractivity contribution in [1.82, 2.24) is 0 Å². The lowest BCUT2D eigenvalue weighted by Gasteiger charge is -2.15. The topological polar surface area (TPSA) is 49.4 Å². The second kappa shape index (κ2) is 6.62. The molecule has 22 heavy (non-hydrogen) atoms. The predicted octanol–water partition coefficient (Wildman–Crippen LogP) is 3.53. The van der Waals surface area contributed by atoms with Gasteiger partial charge in [-0.3, -0.25) is 5.73 Å². The first-order valence-corrected chi connectivity index (χ1v) is 8.08. The number of rotatable bonds is 5. The zero-order valence-corrected chi connectivity index (χ0v) is 13.3. The molecule has 1 unspecified atom stereocenters. The van der Waals surface area contributed by atoms with Crippen LogP contribution in [0.3, 0.4) is 0 Å². The molecule has 2 aromatic carbocycles. The van der Waals surface area contributed by atoms with Crippen molar-refractivity contribution in [3.8, 4) is 5.75 Å². The van der Waals surface area contributed by atoms with Crippen LogP contribution in [0.2, 0.25) is 0 Å². The first-order valence-electron chi connectivity index (χ1n) is 7.20. The zero-order chi connectivity index (χ0) is 15.4. The van der Waals surface area contributed by atoms with Crippen molar-refractivity contribution in [2.75, 3.05) is 12.8 Å². The Kier molecular flexibility index (Phi) is 4.39. The first-order chi connectivity index (χ1) is 10.8. The Labute approximate surface area is 134 Å². The molecule has 1 aromatic heterocycles. The molecule has 0 aliphatic heterocycles. The highest BCUT2D eigenvalue weighted by Crippen LogP contribution is 2.29. The molecule has 0 aliphatic rings. The van der Waals surface area contributed by atoms with Gasteiger partial charge in [0.1, 0.15) is 11.4 Å². The van der Waals surface area contributed by atoms with Gasteiger partial charge in [-0.1, -0.05) is 53.8 Å². The van der Waals surface area contributed by atoms with Gasteiger partial charge in [0.2, 0.25) is 0 Å². The normalized spacial score (nSPS) is 12.0. The van der Waals surface area contributed by atoms with Gasteiger partial charge in [0, 0.05) is 5.38 Å². The van der Waals surface area contributed by atoms with Crippen LogP contribution in [0.5, 0.6) is 5.75 Å². The maximum Gasteiger partial charge on any atom is 0.329 e. The zero-order valence-electron chi connectivity index (χ0n) is 12.5. The van der Waals surface area contributed by atoms with Gasteiger partial charge in [-0.15, -0.1) is 0 Å². The summed E-state index contributed by atoms with van der Waals surface area (Å²) >= 11 is 1.54. The maximum absolute atomic E-state index is 5.88. The van der Waals surface area contributed by atoms with Crippen LogP contribution in [-0.4, -0.2) is 7.11 Å². The molecule has 0 bridgehead atoms. The Morgan fingerprint density at radius 1 is 1.09 bits per heavy atom. The molecule has 1 atom stereocenters. The third-order valence-electron chi connectivity index (χ3n) is 3.76. The third kappa shape index (κ3) is 3.28. The summed E-state index contributed by atoms with van der Waals surface area (Å²) in [5.41, 5.74) is 9.58. The average molecular weight is 311 g/mol. The number of thiazole rings is 1. The van der Waals surface area contributed by atoms with Crippen molar-refractivity contribution in [2.45, 2.75) is 12.3 Å². The van der Waals surface area contributed by atoms with Crippen molar-refractivity contribution in [1.29, 1.82) is 0 Å². The van der Waals surface area contributed by atoms with Gasteiger partial charge in [-0.2, -0.15) is 0 Å². The fourth-order valence-corrected chi connectivity index (χ4v) is 3.24. The van der Waals surface area contributed by atoms with Crippen molar-refractivity contribution in [3.63, 3.8) is 0 Å². The summed E-state index contributed by atoms with van der Waals surface area (Å²) in [6.07, 6.45) is 0.930. The lowest BCUT2D eigenvalue weighted by molar-refractivity contribution is -0.368. The molecule has 0 fully saturated rings. The molecule has 3 aromatic rings. The Morgan fingerprint density at radius 2 is 1.82 bits per heavy atom. The van der Waals surface area contributed by atoms with E-state index in [2.05, 4.69) is 46.8 Å². The Morgan fingerprint density at radius 3 is 2.41 bits per heavy atom. The SMILES string of the molecule is COc1ccc(C(Cc2ccccc2)c2csc(N)[nH+]2)cc1. The summed E-state index contributed by atoms with van der Waals surface area (Å²) in [4.78, 5) is 3.29. The highest BCUT2D eigenvalue weighted by Gasteiger charge is 2.20. The molecule has 0 saturated heterocycles. The lowest BCUT2D eigenvalue weighted by atomic mass is 9.90. The van der Waals surface area contributed by atoms with E-state index < -0.39 is 0 Å². The summed E-state index contributed by atoms with van der Waals surface area (Å²) < 4.78 is 5.25. The van der Waals surface area contributed by atoms with Gasteiger partial charge in [-0.05, 0) is 29.7 Å². The number of nitrogens with one attached hydrogen (secondary N) is 1. The van der Waals surface area contributed by atoms with Gasteiger partial charge in [0.05, 0.1) is 13.0 Å². The highest BCUT2D eigenvalue weighted by atomic mass is 32.1. The monoisotopic (exact) mass is 311 g/mol. The fraction of sp³-hybridized carbons (Fsp3) is 0.167. The minimum Gasteiger partial charge on any atom is -0.497 e. The lowest BCUT2D eigenvalue weighted by Crippen LogP contribution is -2.17.